The third-order valence-corrected chi connectivity index (χ3v) is 3.53. The number of aliphatic hydroxyl groups is 1. The lowest BCUT2D eigenvalue weighted by atomic mass is 9.80. The van der Waals surface area contributed by atoms with Gasteiger partial charge in [-0.3, -0.25) is 9.89 Å². The van der Waals surface area contributed by atoms with Gasteiger partial charge < -0.3 is 10.4 Å². The monoisotopic (exact) mass is 236 g/mol. The Morgan fingerprint density at radius 2 is 2.29 bits per heavy atom. The zero-order chi connectivity index (χ0) is 11.9. The number of aromatic amines is 1. The van der Waals surface area contributed by atoms with Gasteiger partial charge in [-0.1, -0.05) is 0 Å². The van der Waals surface area contributed by atoms with Gasteiger partial charge in [0.25, 0.3) is 5.91 Å². The van der Waals surface area contributed by atoms with E-state index in [9.17, 15) is 9.90 Å². The Balaban J connectivity index is 1.57. The van der Waals surface area contributed by atoms with Crippen LogP contribution >= 0.6 is 0 Å². The van der Waals surface area contributed by atoms with Crippen LogP contribution in [-0.2, 0) is 0 Å². The highest BCUT2D eigenvalue weighted by atomic mass is 16.3. The molecule has 6 nitrogen and oxygen atoms in total. The Morgan fingerprint density at radius 3 is 2.88 bits per heavy atom. The number of H-pyrrole nitrogens is 1. The summed E-state index contributed by atoms with van der Waals surface area (Å²) in [5.74, 6) is 1.13. The first-order valence-electron chi connectivity index (χ1n) is 6.09. The van der Waals surface area contributed by atoms with Gasteiger partial charge in [0.05, 0.1) is 5.60 Å². The second-order valence-electron chi connectivity index (χ2n) is 5.08. The van der Waals surface area contributed by atoms with Gasteiger partial charge in [-0.2, -0.15) is 0 Å². The average Bonchev–Trinajstić information content (AvgIpc) is 3.02. The van der Waals surface area contributed by atoms with Crippen molar-refractivity contribution in [3.63, 3.8) is 0 Å². The second kappa shape index (κ2) is 3.80. The van der Waals surface area contributed by atoms with Gasteiger partial charge in [-0.15, -0.1) is 5.10 Å². The summed E-state index contributed by atoms with van der Waals surface area (Å²) < 4.78 is 0. The van der Waals surface area contributed by atoms with E-state index in [4.69, 9.17) is 0 Å². The van der Waals surface area contributed by atoms with E-state index in [1.54, 1.807) is 0 Å². The van der Waals surface area contributed by atoms with Crippen molar-refractivity contribution in [2.24, 2.45) is 0 Å². The Morgan fingerprint density at radius 1 is 1.53 bits per heavy atom. The molecule has 1 aromatic heterocycles. The lowest BCUT2D eigenvalue weighted by Gasteiger charge is -2.36. The minimum Gasteiger partial charge on any atom is -0.388 e. The molecule has 1 aromatic rings. The summed E-state index contributed by atoms with van der Waals surface area (Å²) >= 11 is 0. The number of carbonyl (C=O) groups is 1. The predicted molar refractivity (Wildman–Crippen MR) is 59.5 cm³/mol. The van der Waals surface area contributed by atoms with Crippen LogP contribution in [0.3, 0.4) is 0 Å². The Labute approximate surface area is 98.8 Å². The number of amides is 1. The van der Waals surface area contributed by atoms with Crippen LogP contribution in [-0.4, -0.2) is 38.3 Å². The van der Waals surface area contributed by atoms with Crippen LogP contribution in [0.25, 0.3) is 0 Å². The standard InChI is InChI=1S/C11H16N4O2/c16-10(12-6-11(17)4-1-5-11)9-13-8(14-15-9)7-2-3-7/h7,17H,1-6H2,(H,12,16)(H,13,14,15). The highest BCUT2D eigenvalue weighted by Crippen LogP contribution is 2.37. The maximum absolute atomic E-state index is 11.7. The summed E-state index contributed by atoms with van der Waals surface area (Å²) in [6, 6.07) is 0. The molecule has 2 fully saturated rings. The van der Waals surface area contributed by atoms with Crippen molar-refractivity contribution in [2.75, 3.05) is 6.54 Å². The molecular formula is C11H16N4O2. The van der Waals surface area contributed by atoms with Crippen LogP contribution in [0.2, 0.25) is 0 Å². The molecule has 3 rings (SSSR count). The fourth-order valence-corrected chi connectivity index (χ4v) is 2.00. The van der Waals surface area contributed by atoms with E-state index in [1.807, 2.05) is 0 Å². The molecule has 17 heavy (non-hydrogen) atoms. The van der Waals surface area contributed by atoms with Crippen LogP contribution in [0.4, 0.5) is 0 Å². The molecule has 1 amide bonds. The van der Waals surface area contributed by atoms with E-state index in [2.05, 4.69) is 20.5 Å². The summed E-state index contributed by atoms with van der Waals surface area (Å²) in [7, 11) is 0. The Kier molecular flexibility index (Phi) is 2.39. The smallest absolute Gasteiger partial charge is 0.291 e. The number of aromatic nitrogens is 3. The Bertz CT molecular complexity index is 434. The molecule has 3 N–H and O–H groups in total. The molecule has 2 aliphatic carbocycles. The Hall–Kier alpha value is -1.43. The minimum atomic E-state index is -0.703. The van der Waals surface area contributed by atoms with E-state index in [0.29, 0.717) is 12.5 Å². The van der Waals surface area contributed by atoms with E-state index in [-0.39, 0.29) is 11.7 Å². The van der Waals surface area contributed by atoms with Gasteiger partial charge in [0.15, 0.2) is 0 Å². The largest absolute Gasteiger partial charge is 0.388 e. The van der Waals surface area contributed by atoms with Gasteiger partial charge in [-0.25, -0.2) is 4.98 Å². The maximum atomic E-state index is 11.7. The van der Waals surface area contributed by atoms with Crippen molar-refractivity contribution in [2.45, 2.75) is 43.6 Å². The molecule has 2 aliphatic rings. The summed E-state index contributed by atoms with van der Waals surface area (Å²) in [5, 5.41) is 19.2. The lowest BCUT2D eigenvalue weighted by Crippen LogP contribution is -2.47. The highest BCUT2D eigenvalue weighted by Gasteiger charge is 2.35. The minimum absolute atomic E-state index is 0.176. The predicted octanol–water partition coefficient (Wildman–Crippen LogP) is 0.327. The number of nitrogens with zero attached hydrogens (tertiary/aromatic N) is 2. The topological polar surface area (TPSA) is 90.9 Å². The molecule has 92 valence electrons. The van der Waals surface area contributed by atoms with E-state index in [1.165, 1.54) is 0 Å². The number of carbonyl (C=O) groups excluding carboxylic acids is 1. The summed E-state index contributed by atoms with van der Waals surface area (Å²) in [6.07, 6.45) is 4.79. The number of hydrogen-bond donors (Lipinski definition) is 3. The van der Waals surface area contributed by atoms with E-state index in [0.717, 1.165) is 37.9 Å². The van der Waals surface area contributed by atoms with Crippen LogP contribution in [0.15, 0.2) is 0 Å². The van der Waals surface area contributed by atoms with Crippen LogP contribution in [0, 0.1) is 0 Å². The number of hydrogen-bond acceptors (Lipinski definition) is 4. The zero-order valence-electron chi connectivity index (χ0n) is 9.57. The zero-order valence-corrected chi connectivity index (χ0v) is 9.57. The molecule has 0 aliphatic heterocycles. The van der Waals surface area contributed by atoms with Crippen LogP contribution < -0.4 is 5.32 Å². The first-order chi connectivity index (χ1) is 8.16. The number of nitrogens with one attached hydrogen (secondary N) is 2. The molecule has 0 saturated heterocycles. The van der Waals surface area contributed by atoms with Gasteiger partial charge in [0, 0.05) is 12.5 Å². The molecule has 0 atom stereocenters. The van der Waals surface area contributed by atoms with Crippen molar-refractivity contribution < 1.29 is 9.90 Å². The molecule has 0 aromatic carbocycles. The third-order valence-electron chi connectivity index (χ3n) is 3.53. The summed E-state index contributed by atoms with van der Waals surface area (Å²) in [4.78, 5) is 15.9. The molecule has 0 spiro atoms. The first-order valence-corrected chi connectivity index (χ1v) is 6.09. The molecular weight excluding hydrogens is 220 g/mol. The second-order valence-corrected chi connectivity index (χ2v) is 5.08. The third kappa shape index (κ3) is 2.17. The molecule has 0 unspecified atom stereocenters. The normalized spacial score (nSPS) is 21.9. The molecule has 0 radical (unpaired) electrons. The van der Waals surface area contributed by atoms with E-state index < -0.39 is 5.60 Å². The molecule has 1 heterocycles. The van der Waals surface area contributed by atoms with Gasteiger partial charge >= 0.3 is 0 Å². The quantitative estimate of drug-likeness (QED) is 0.702. The van der Waals surface area contributed by atoms with Crippen LogP contribution in [0.5, 0.6) is 0 Å². The first kappa shape index (κ1) is 10.7. The van der Waals surface area contributed by atoms with Gasteiger partial charge in [0.2, 0.25) is 5.82 Å². The molecule has 2 saturated carbocycles. The summed E-state index contributed by atoms with van der Waals surface area (Å²) in [6.45, 7) is 0.291. The van der Waals surface area contributed by atoms with Crippen molar-refractivity contribution in [3.05, 3.63) is 11.6 Å². The van der Waals surface area contributed by atoms with Crippen molar-refractivity contribution in [3.8, 4) is 0 Å². The van der Waals surface area contributed by atoms with Gasteiger partial charge in [0.1, 0.15) is 5.82 Å². The maximum Gasteiger partial charge on any atom is 0.291 e. The SMILES string of the molecule is O=C(NCC1(O)CCC1)c1n[nH]c(C2CC2)n1. The van der Waals surface area contributed by atoms with Gasteiger partial charge in [-0.05, 0) is 32.1 Å². The fraction of sp³-hybridized carbons (Fsp3) is 0.727. The van der Waals surface area contributed by atoms with Crippen molar-refractivity contribution in [1.82, 2.24) is 20.5 Å². The van der Waals surface area contributed by atoms with Crippen molar-refractivity contribution >= 4 is 5.91 Å². The number of rotatable bonds is 4. The van der Waals surface area contributed by atoms with E-state index >= 15 is 0 Å². The lowest BCUT2D eigenvalue weighted by molar-refractivity contribution is -0.0301. The molecule has 0 bridgehead atoms. The summed E-state index contributed by atoms with van der Waals surface area (Å²) in [5.41, 5.74) is -0.703. The molecule has 6 heteroatoms. The fourth-order valence-electron chi connectivity index (χ4n) is 2.00. The van der Waals surface area contributed by atoms with Crippen molar-refractivity contribution in [1.29, 1.82) is 0 Å². The highest BCUT2D eigenvalue weighted by molar-refractivity contribution is 5.90. The van der Waals surface area contributed by atoms with Crippen LogP contribution in [0.1, 0.15) is 54.5 Å². The average molecular weight is 236 g/mol.